The van der Waals surface area contributed by atoms with E-state index in [0.29, 0.717) is 55.5 Å². The Bertz CT molecular complexity index is 1810. The number of nitriles is 1. The predicted molar refractivity (Wildman–Crippen MR) is 162 cm³/mol. The number of halogens is 4. The van der Waals surface area contributed by atoms with Gasteiger partial charge in [-0.2, -0.15) is 23.5 Å². The van der Waals surface area contributed by atoms with Crippen LogP contribution in [0.2, 0.25) is 0 Å². The van der Waals surface area contributed by atoms with Crippen LogP contribution in [0.15, 0.2) is 48.5 Å². The molecule has 3 aromatic rings. The van der Waals surface area contributed by atoms with Crippen molar-refractivity contribution in [2.45, 2.75) is 68.9 Å². The van der Waals surface area contributed by atoms with Crippen molar-refractivity contribution in [3.05, 3.63) is 82.3 Å². The zero-order chi connectivity index (χ0) is 33.9. The Morgan fingerprint density at radius 1 is 1.10 bits per heavy atom. The van der Waals surface area contributed by atoms with Crippen LogP contribution >= 0.6 is 0 Å². The van der Waals surface area contributed by atoms with Gasteiger partial charge < -0.3 is 15.0 Å². The molecule has 0 radical (unpaired) electrons. The topological polar surface area (TPSA) is 121 Å². The second kappa shape index (κ2) is 12.0. The molecular weight excluding hydrogens is 632 g/mol. The van der Waals surface area contributed by atoms with Gasteiger partial charge in [-0.05, 0) is 74.4 Å². The fourth-order valence-electron chi connectivity index (χ4n) is 7.45. The number of carbonyl (C=O) groups is 3. The first-order chi connectivity index (χ1) is 23.0. The van der Waals surface area contributed by atoms with Gasteiger partial charge in [0.2, 0.25) is 0 Å². The number of benzene rings is 2. The fourth-order valence-corrected chi connectivity index (χ4v) is 7.45. The van der Waals surface area contributed by atoms with E-state index in [2.05, 4.69) is 11.4 Å². The lowest BCUT2D eigenvalue weighted by atomic mass is 9.80. The largest absolute Gasteiger partial charge is 0.416 e. The Morgan fingerprint density at radius 3 is 2.50 bits per heavy atom. The van der Waals surface area contributed by atoms with Gasteiger partial charge in [-0.3, -0.25) is 19.3 Å². The molecule has 2 saturated heterocycles. The third-order valence-electron chi connectivity index (χ3n) is 9.86. The number of amides is 3. The zero-order valence-electron chi connectivity index (χ0n) is 25.9. The highest BCUT2D eigenvalue weighted by Gasteiger charge is 2.56. The Morgan fingerprint density at radius 2 is 1.83 bits per heavy atom. The molecule has 1 aromatic heterocycles. The van der Waals surface area contributed by atoms with Crippen LogP contribution in [0.3, 0.4) is 0 Å². The van der Waals surface area contributed by atoms with Crippen LogP contribution < -0.4 is 10.2 Å². The standard InChI is InChI=1S/C34H32F4N6O4/c1-2-42-31-27(29(41-44(31)23-10-12-48-13-11-23)33(47)43-24(17-39)15-20-16-25(20)43)26(18-6-8-22(35)9-7-18)28(32(42)46)40-30(45)19-4-3-5-21(14-19)34(36,37)38/h3-9,14,20,23-26,28H,2,10-13,15-16H2,1H3,(H,40,45)/t20-,24-,25+,26-,28-/m0/s1. The van der Waals surface area contributed by atoms with Crippen molar-refractivity contribution < 1.29 is 36.7 Å². The SMILES string of the molecule is CCN1C(=O)[C@@H](NC(=O)c2cccc(C(F)(F)F)c2)[C@@H](c2ccc(F)cc2)c2c(C(=O)N3[C@H](C#N)C[C@H]4C[C@H]43)nn(C3CCOCC3)c21. The number of likely N-dealkylation sites (N-methyl/N-ethyl adjacent to an activating group) is 1. The maximum absolute atomic E-state index is 14.5. The molecule has 250 valence electrons. The van der Waals surface area contributed by atoms with Crippen LogP contribution in [-0.4, -0.2) is 70.3 Å². The Kier molecular flexibility index (Phi) is 7.98. The van der Waals surface area contributed by atoms with E-state index in [1.54, 1.807) is 16.5 Å². The Labute approximate surface area is 273 Å². The van der Waals surface area contributed by atoms with Gasteiger partial charge in [0.05, 0.1) is 17.7 Å². The number of hydrogen-bond donors (Lipinski definition) is 1. The molecule has 4 heterocycles. The van der Waals surface area contributed by atoms with Crippen LogP contribution in [0.4, 0.5) is 23.4 Å². The highest BCUT2D eigenvalue weighted by atomic mass is 19.4. The van der Waals surface area contributed by atoms with Crippen LogP contribution in [-0.2, 0) is 15.7 Å². The molecule has 1 aliphatic carbocycles. The molecule has 1 N–H and O–H groups in total. The van der Waals surface area contributed by atoms with Gasteiger partial charge >= 0.3 is 6.18 Å². The minimum Gasteiger partial charge on any atom is -0.381 e. The number of rotatable bonds is 6. The van der Waals surface area contributed by atoms with Crippen LogP contribution in [0.5, 0.6) is 0 Å². The number of fused-ring (bicyclic) bond motifs is 2. The van der Waals surface area contributed by atoms with E-state index in [-0.39, 0.29) is 35.8 Å². The quantitative estimate of drug-likeness (QED) is 0.378. The summed E-state index contributed by atoms with van der Waals surface area (Å²) in [7, 11) is 0. The minimum atomic E-state index is -4.70. The molecule has 5 atom stereocenters. The molecule has 3 amide bonds. The average molecular weight is 665 g/mol. The molecule has 0 unspecified atom stereocenters. The molecule has 0 spiro atoms. The molecule has 3 fully saturated rings. The smallest absolute Gasteiger partial charge is 0.381 e. The maximum Gasteiger partial charge on any atom is 0.416 e. The van der Waals surface area contributed by atoms with Crippen LogP contribution in [0, 0.1) is 23.1 Å². The molecule has 0 bridgehead atoms. The fraction of sp³-hybridized carbons (Fsp3) is 0.441. The lowest BCUT2D eigenvalue weighted by molar-refractivity contribution is -0.137. The third kappa shape index (κ3) is 5.39. The first kappa shape index (κ1) is 31.8. The lowest BCUT2D eigenvalue weighted by Gasteiger charge is -2.39. The summed E-state index contributed by atoms with van der Waals surface area (Å²) in [5.41, 5.74) is -0.608. The molecule has 3 aliphatic heterocycles. The second-order valence-corrected chi connectivity index (χ2v) is 12.7. The van der Waals surface area contributed by atoms with Crippen LogP contribution in [0.25, 0.3) is 0 Å². The van der Waals surface area contributed by atoms with Crippen LogP contribution in [0.1, 0.15) is 82.1 Å². The summed E-state index contributed by atoms with van der Waals surface area (Å²) in [5, 5.41) is 17.5. The number of carbonyl (C=O) groups excluding carboxylic acids is 3. The summed E-state index contributed by atoms with van der Waals surface area (Å²) in [6.45, 7) is 2.73. The number of likely N-dealkylation sites (tertiary alicyclic amines) is 1. The maximum atomic E-state index is 14.5. The first-order valence-electron chi connectivity index (χ1n) is 16.0. The molecule has 2 aromatic carbocycles. The van der Waals surface area contributed by atoms with Gasteiger partial charge in [0.1, 0.15) is 23.7 Å². The number of alkyl halides is 3. The number of nitrogens with zero attached hydrogens (tertiary/aromatic N) is 5. The zero-order valence-corrected chi connectivity index (χ0v) is 25.9. The van der Waals surface area contributed by atoms with Crippen molar-refractivity contribution >= 4 is 23.5 Å². The summed E-state index contributed by atoms with van der Waals surface area (Å²) >= 11 is 0. The van der Waals surface area contributed by atoms with E-state index in [9.17, 15) is 37.2 Å². The molecular formula is C34H32F4N6O4. The second-order valence-electron chi connectivity index (χ2n) is 12.7. The van der Waals surface area contributed by atoms with Gasteiger partial charge in [0, 0.05) is 42.8 Å². The highest BCUT2D eigenvalue weighted by Crippen LogP contribution is 2.50. The average Bonchev–Trinajstić information content (AvgIpc) is 3.58. The van der Waals surface area contributed by atoms with E-state index >= 15 is 0 Å². The van der Waals surface area contributed by atoms with Crippen molar-refractivity contribution in [2.75, 3.05) is 24.7 Å². The van der Waals surface area contributed by atoms with Gasteiger partial charge in [-0.15, -0.1) is 0 Å². The monoisotopic (exact) mass is 664 g/mol. The van der Waals surface area contributed by atoms with E-state index in [1.165, 1.54) is 35.2 Å². The van der Waals surface area contributed by atoms with Crippen molar-refractivity contribution in [1.29, 1.82) is 5.26 Å². The van der Waals surface area contributed by atoms with Gasteiger partial charge in [0.15, 0.2) is 5.69 Å². The normalized spacial score (nSPS) is 25.3. The number of aromatic nitrogens is 2. The molecule has 10 nitrogen and oxygen atoms in total. The van der Waals surface area contributed by atoms with Gasteiger partial charge in [0.25, 0.3) is 17.7 Å². The van der Waals surface area contributed by atoms with Crippen molar-refractivity contribution in [1.82, 2.24) is 20.0 Å². The van der Waals surface area contributed by atoms with Crippen molar-refractivity contribution in [3.63, 3.8) is 0 Å². The van der Waals surface area contributed by atoms with Crippen molar-refractivity contribution in [3.8, 4) is 6.07 Å². The summed E-state index contributed by atoms with van der Waals surface area (Å²) in [4.78, 5) is 45.6. The molecule has 7 rings (SSSR count). The number of piperidine rings is 1. The van der Waals surface area contributed by atoms with Crippen molar-refractivity contribution in [2.24, 2.45) is 5.92 Å². The number of ether oxygens (including phenoxy) is 1. The van der Waals surface area contributed by atoms with Gasteiger partial charge in [-0.1, -0.05) is 18.2 Å². The van der Waals surface area contributed by atoms with E-state index in [1.807, 2.05) is 0 Å². The summed E-state index contributed by atoms with van der Waals surface area (Å²) in [6, 6.07) is 9.00. The summed E-state index contributed by atoms with van der Waals surface area (Å²) in [6.07, 6.45) is -2.28. The van der Waals surface area contributed by atoms with E-state index in [4.69, 9.17) is 9.84 Å². The summed E-state index contributed by atoms with van der Waals surface area (Å²) in [5.74, 6) is -3.02. The van der Waals surface area contributed by atoms with E-state index in [0.717, 1.165) is 18.6 Å². The Hall–Kier alpha value is -4.77. The molecule has 14 heteroatoms. The lowest BCUT2D eigenvalue weighted by Crippen LogP contribution is -2.56. The van der Waals surface area contributed by atoms with Gasteiger partial charge in [-0.25, -0.2) is 9.07 Å². The molecule has 48 heavy (non-hydrogen) atoms. The summed E-state index contributed by atoms with van der Waals surface area (Å²) < 4.78 is 62.1. The minimum absolute atomic E-state index is 0.0166. The number of nitrogens with one attached hydrogen (secondary N) is 1. The highest BCUT2D eigenvalue weighted by molar-refractivity contribution is 6.07. The number of anilines is 1. The third-order valence-corrected chi connectivity index (χ3v) is 9.86. The number of hydrogen-bond acceptors (Lipinski definition) is 6. The predicted octanol–water partition coefficient (Wildman–Crippen LogP) is 4.82. The molecule has 1 saturated carbocycles. The molecule has 4 aliphatic rings. The van der Waals surface area contributed by atoms with E-state index < -0.39 is 53.3 Å². The Balaban J connectivity index is 1.40. The first-order valence-corrected chi connectivity index (χ1v) is 16.0.